The monoisotopic (exact) mass is 236 g/mol. The van der Waals surface area contributed by atoms with Gasteiger partial charge < -0.3 is 10.6 Å². The van der Waals surface area contributed by atoms with Gasteiger partial charge in [-0.05, 0) is 37.3 Å². The van der Waals surface area contributed by atoms with E-state index in [-0.39, 0.29) is 18.3 Å². The lowest BCUT2D eigenvalue weighted by Crippen LogP contribution is -2.31. The first-order valence-electron chi connectivity index (χ1n) is 5.92. The van der Waals surface area contributed by atoms with Crippen LogP contribution in [0.1, 0.15) is 18.4 Å². The summed E-state index contributed by atoms with van der Waals surface area (Å²) < 4.78 is 13.6. The van der Waals surface area contributed by atoms with Crippen molar-refractivity contribution in [1.82, 2.24) is 5.32 Å². The molecule has 2 rings (SSSR count). The van der Waals surface area contributed by atoms with Gasteiger partial charge >= 0.3 is 0 Å². The zero-order valence-corrected chi connectivity index (χ0v) is 9.92. The summed E-state index contributed by atoms with van der Waals surface area (Å²) >= 11 is 0. The van der Waals surface area contributed by atoms with Gasteiger partial charge in [0.1, 0.15) is 5.82 Å². The molecule has 0 aliphatic heterocycles. The van der Waals surface area contributed by atoms with Gasteiger partial charge in [-0.25, -0.2) is 4.39 Å². The minimum absolute atomic E-state index is 0.0854. The number of amides is 1. The first kappa shape index (κ1) is 11.9. The molecule has 4 heteroatoms. The highest BCUT2D eigenvalue weighted by molar-refractivity contribution is 5.80. The van der Waals surface area contributed by atoms with Gasteiger partial charge in [0.25, 0.3) is 0 Å². The fraction of sp³-hybridized carbons (Fsp3) is 0.462. The van der Waals surface area contributed by atoms with Crippen LogP contribution in [0.5, 0.6) is 0 Å². The van der Waals surface area contributed by atoms with Crippen molar-refractivity contribution in [1.29, 1.82) is 0 Å². The second kappa shape index (κ2) is 5.17. The highest BCUT2D eigenvalue weighted by Crippen LogP contribution is 2.27. The van der Waals surface area contributed by atoms with Crippen LogP contribution in [0.4, 0.5) is 10.1 Å². The zero-order chi connectivity index (χ0) is 12.3. The SMILES string of the molecule is Cc1cccc(NCC(=O)NCC2CC2)c1F. The van der Waals surface area contributed by atoms with Gasteiger partial charge in [0.2, 0.25) is 5.91 Å². The normalized spacial score (nSPS) is 14.5. The molecule has 0 saturated heterocycles. The fourth-order valence-corrected chi connectivity index (χ4v) is 1.60. The first-order valence-corrected chi connectivity index (χ1v) is 5.92. The predicted octanol–water partition coefficient (Wildman–Crippen LogP) is 2.07. The summed E-state index contributed by atoms with van der Waals surface area (Å²) in [4.78, 5) is 11.4. The number of benzene rings is 1. The Balaban J connectivity index is 1.79. The maximum absolute atomic E-state index is 13.6. The molecule has 1 aliphatic carbocycles. The van der Waals surface area contributed by atoms with E-state index in [0.29, 0.717) is 17.2 Å². The van der Waals surface area contributed by atoms with Gasteiger partial charge in [-0.15, -0.1) is 0 Å². The van der Waals surface area contributed by atoms with Gasteiger partial charge in [-0.2, -0.15) is 0 Å². The number of hydrogen-bond donors (Lipinski definition) is 2. The highest BCUT2D eigenvalue weighted by Gasteiger charge is 2.21. The Bertz CT molecular complexity index is 416. The molecule has 1 amide bonds. The molecule has 1 fully saturated rings. The molecule has 1 saturated carbocycles. The molecule has 1 aromatic rings. The molecule has 0 atom stereocenters. The van der Waals surface area contributed by atoms with Crippen molar-refractivity contribution in [3.63, 3.8) is 0 Å². The van der Waals surface area contributed by atoms with Crippen molar-refractivity contribution in [2.45, 2.75) is 19.8 Å². The van der Waals surface area contributed by atoms with Crippen LogP contribution in [-0.4, -0.2) is 19.0 Å². The number of carbonyl (C=O) groups excluding carboxylic acids is 1. The maximum Gasteiger partial charge on any atom is 0.239 e. The molecule has 0 radical (unpaired) electrons. The molecule has 92 valence electrons. The van der Waals surface area contributed by atoms with Gasteiger partial charge in [0.15, 0.2) is 0 Å². The number of nitrogens with one attached hydrogen (secondary N) is 2. The van der Waals surface area contributed by atoms with Gasteiger partial charge in [0, 0.05) is 6.54 Å². The van der Waals surface area contributed by atoms with Crippen LogP contribution in [0.25, 0.3) is 0 Å². The Kier molecular flexibility index (Phi) is 3.61. The second-order valence-electron chi connectivity index (χ2n) is 4.54. The molecule has 0 unspecified atom stereocenters. The van der Waals surface area contributed by atoms with E-state index < -0.39 is 0 Å². The molecule has 0 heterocycles. The van der Waals surface area contributed by atoms with Crippen molar-refractivity contribution in [2.75, 3.05) is 18.4 Å². The van der Waals surface area contributed by atoms with Gasteiger partial charge in [-0.3, -0.25) is 4.79 Å². The lowest BCUT2D eigenvalue weighted by molar-refractivity contribution is -0.119. The van der Waals surface area contributed by atoms with Crippen molar-refractivity contribution >= 4 is 11.6 Å². The third-order valence-corrected chi connectivity index (χ3v) is 2.92. The lowest BCUT2D eigenvalue weighted by atomic mass is 10.2. The third kappa shape index (κ3) is 3.44. The summed E-state index contributed by atoms with van der Waals surface area (Å²) in [6.45, 7) is 2.57. The standard InChI is InChI=1S/C13H17FN2O/c1-9-3-2-4-11(13(9)14)15-8-12(17)16-7-10-5-6-10/h2-4,10,15H,5-8H2,1H3,(H,16,17). The average Bonchev–Trinajstić information content (AvgIpc) is 3.12. The smallest absolute Gasteiger partial charge is 0.239 e. The summed E-state index contributed by atoms with van der Waals surface area (Å²) in [7, 11) is 0. The molecule has 1 aromatic carbocycles. The van der Waals surface area contributed by atoms with Crippen molar-refractivity contribution < 1.29 is 9.18 Å². The first-order chi connectivity index (χ1) is 8.16. The number of anilines is 1. The summed E-state index contributed by atoms with van der Waals surface area (Å²) in [5.41, 5.74) is 0.958. The molecule has 0 bridgehead atoms. The van der Waals surface area contributed by atoms with E-state index in [1.54, 1.807) is 25.1 Å². The second-order valence-corrected chi connectivity index (χ2v) is 4.54. The highest BCUT2D eigenvalue weighted by atomic mass is 19.1. The van der Waals surface area contributed by atoms with Crippen LogP contribution in [0, 0.1) is 18.7 Å². The topological polar surface area (TPSA) is 41.1 Å². The Labute approximate surface area is 100 Å². The molecule has 0 spiro atoms. The van der Waals surface area contributed by atoms with Crippen molar-refractivity contribution in [2.24, 2.45) is 5.92 Å². The average molecular weight is 236 g/mol. The molecule has 1 aliphatic rings. The summed E-state index contributed by atoms with van der Waals surface area (Å²) in [6.07, 6.45) is 2.42. The van der Waals surface area contributed by atoms with E-state index in [9.17, 15) is 9.18 Å². The number of rotatable bonds is 5. The third-order valence-electron chi connectivity index (χ3n) is 2.92. The maximum atomic E-state index is 13.6. The van der Waals surface area contributed by atoms with E-state index in [1.807, 2.05) is 0 Å². The van der Waals surface area contributed by atoms with E-state index in [4.69, 9.17) is 0 Å². The number of halogens is 1. The Morgan fingerprint density at radius 2 is 2.24 bits per heavy atom. The quantitative estimate of drug-likeness (QED) is 0.821. The summed E-state index contributed by atoms with van der Waals surface area (Å²) in [5, 5.41) is 5.64. The van der Waals surface area contributed by atoms with E-state index in [1.165, 1.54) is 12.8 Å². The van der Waals surface area contributed by atoms with Crippen molar-refractivity contribution in [3.8, 4) is 0 Å². The lowest BCUT2D eigenvalue weighted by Gasteiger charge is -2.09. The van der Waals surface area contributed by atoms with Crippen LogP contribution < -0.4 is 10.6 Å². The van der Waals surface area contributed by atoms with Crippen LogP contribution in [-0.2, 0) is 4.79 Å². The predicted molar refractivity (Wildman–Crippen MR) is 65.4 cm³/mol. The molecule has 0 aromatic heterocycles. The minimum Gasteiger partial charge on any atom is -0.374 e. The minimum atomic E-state index is -0.289. The van der Waals surface area contributed by atoms with Crippen LogP contribution in [0.2, 0.25) is 0 Å². The molecule has 3 nitrogen and oxygen atoms in total. The van der Waals surface area contributed by atoms with E-state index in [0.717, 1.165) is 6.54 Å². The Morgan fingerprint density at radius 1 is 1.47 bits per heavy atom. The molecule has 17 heavy (non-hydrogen) atoms. The Hall–Kier alpha value is -1.58. The molecular weight excluding hydrogens is 219 g/mol. The van der Waals surface area contributed by atoms with Crippen LogP contribution in [0.15, 0.2) is 18.2 Å². The largest absolute Gasteiger partial charge is 0.374 e. The fourth-order valence-electron chi connectivity index (χ4n) is 1.60. The molecule has 2 N–H and O–H groups in total. The van der Waals surface area contributed by atoms with Crippen molar-refractivity contribution in [3.05, 3.63) is 29.6 Å². The summed E-state index contributed by atoms with van der Waals surface area (Å²) in [6, 6.07) is 5.10. The molecular formula is C13H17FN2O. The van der Waals surface area contributed by atoms with Crippen LogP contribution in [0.3, 0.4) is 0 Å². The van der Waals surface area contributed by atoms with E-state index >= 15 is 0 Å². The number of hydrogen-bond acceptors (Lipinski definition) is 2. The summed E-state index contributed by atoms with van der Waals surface area (Å²) in [5.74, 6) is 0.287. The number of carbonyl (C=O) groups is 1. The van der Waals surface area contributed by atoms with E-state index in [2.05, 4.69) is 10.6 Å². The van der Waals surface area contributed by atoms with Gasteiger partial charge in [0.05, 0.1) is 12.2 Å². The zero-order valence-electron chi connectivity index (χ0n) is 9.92. The van der Waals surface area contributed by atoms with Gasteiger partial charge in [-0.1, -0.05) is 12.1 Å². The number of aryl methyl sites for hydroxylation is 1. The van der Waals surface area contributed by atoms with Crippen LogP contribution >= 0.6 is 0 Å². The Morgan fingerprint density at radius 3 is 2.94 bits per heavy atom.